The molecule has 1 aromatic rings. The fourth-order valence-electron chi connectivity index (χ4n) is 2.43. The standard InChI is InChI=1S/C17H22N2O3/c1-10(2)22-13-7-5-12(6-8-13)19-17(21)15-9-14(15)16(20)18-11-3-4-11/h5-8,10-11,14-15H,3-4,9H2,1-2H3,(H,18,20)(H,19,21). The van der Waals surface area contributed by atoms with E-state index in [2.05, 4.69) is 10.6 Å². The molecule has 0 bridgehead atoms. The largest absolute Gasteiger partial charge is 0.491 e. The van der Waals surface area contributed by atoms with E-state index < -0.39 is 0 Å². The van der Waals surface area contributed by atoms with Crippen LogP contribution in [0.4, 0.5) is 5.69 Å². The highest BCUT2D eigenvalue weighted by molar-refractivity contribution is 5.99. The van der Waals surface area contributed by atoms with Crippen LogP contribution in [0.1, 0.15) is 33.1 Å². The van der Waals surface area contributed by atoms with Crippen LogP contribution in [0.25, 0.3) is 0 Å². The van der Waals surface area contributed by atoms with Crippen molar-refractivity contribution in [1.82, 2.24) is 5.32 Å². The second-order valence-electron chi connectivity index (χ2n) is 6.41. The number of carbonyl (C=O) groups is 2. The molecule has 0 aromatic heterocycles. The molecule has 5 heteroatoms. The van der Waals surface area contributed by atoms with E-state index in [9.17, 15) is 9.59 Å². The van der Waals surface area contributed by atoms with Crippen LogP contribution in [-0.4, -0.2) is 24.0 Å². The van der Waals surface area contributed by atoms with Crippen molar-refractivity contribution in [1.29, 1.82) is 0 Å². The van der Waals surface area contributed by atoms with Gasteiger partial charge in [0.15, 0.2) is 0 Å². The molecule has 118 valence electrons. The maximum Gasteiger partial charge on any atom is 0.228 e. The van der Waals surface area contributed by atoms with Gasteiger partial charge in [-0.2, -0.15) is 0 Å². The zero-order chi connectivity index (χ0) is 15.7. The van der Waals surface area contributed by atoms with E-state index in [0.717, 1.165) is 24.3 Å². The van der Waals surface area contributed by atoms with E-state index in [1.165, 1.54) is 0 Å². The summed E-state index contributed by atoms with van der Waals surface area (Å²) in [6.07, 6.45) is 2.91. The average Bonchev–Trinajstić information content (AvgIpc) is 3.34. The van der Waals surface area contributed by atoms with Crippen molar-refractivity contribution in [2.45, 2.75) is 45.3 Å². The Morgan fingerprint density at radius 3 is 2.32 bits per heavy atom. The third-order valence-electron chi connectivity index (χ3n) is 3.88. The summed E-state index contributed by atoms with van der Waals surface area (Å²) in [5.41, 5.74) is 0.731. The van der Waals surface area contributed by atoms with Crippen molar-refractivity contribution in [2.24, 2.45) is 11.8 Å². The smallest absolute Gasteiger partial charge is 0.228 e. The average molecular weight is 302 g/mol. The van der Waals surface area contributed by atoms with Crippen LogP contribution in [0.15, 0.2) is 24.3 Å². The minimum atomic E-state index is -0.189. The van der Waals surface area contributed by atoms with Crippen LogP contribution >= 0.6 is 0 Å². The van der Waals surface area contributed by atoms with Gasteiger partial charge in [-0.25, -0.2) is 0 Å². The number of nitrogens with one attached hydrogen (secondary N) is 2. The first-order chi connectivity index (χ1) is 10.5. The first kappa shape index (κ1) is 14.9. The number of carbonyl (C=O) groups excluding carboxylic acids is 2. The van der Waals surface area contributed by atoms with Gasteiger partial charge in [-0.3, -0.25) is 9.59 Å². The molecule has 1 aromatic carbocycles. The molecule has 2 atom stereocenters. The Labute approximate surface area is 130 Å². The highest BCUT2D eigenvalue weighted by Crippen LogP contribution is 2.40. The number of hydrogen-bond acceptors (Lipinski definition) is 3. The topological polar surface area (TPSA) is 67.4 Å². The lowest BCUT2D eigenvalue weighted by molar-refractivity contribution is -0.125. The molecule has 0 heterocycles. The molecule has 2 N–H and O–H groups in total. The predicted molar refractivity (Wildman–Crippen MR) is 83.6 cm³/mol. The van der Waals surface area contributed by atoms with E-state index in [0.29, 0.717) is 12.5 Å². The fraction of sp³-hybridized carbons (Fsp3) is 0.529. The molecule has 2 amide bonds. The van der Waals surface area contributed by atoms with Crippen LogP contribution in [-0.2, 0) is 9.59 Å². The molecule has 0 spiro atoms. The Bertz CT molecular complexity index is 564. The Kier molecular flexibility index (Phi) is 4.05. The molecule has 22 heavy (non-hydrogen) atoms. The summed E-state index contributed by atoms with van der Waals surface area (Å²) < 4.78 is 5.56. The van der Waals surface area contributed by atoms with Gasteiger partial charge in [0.2, 0.25) is 11.8 Å². The van der Waals surface area contributed by atoms with Gasteiger partial charge >= 0.3 is 0 Å². The molecular weight excluding hydrogens is 280 g/mol. The fourth-order valence-corrected chi connectivity index (χ4v) is 2.43. The Hall–Kier alpha value is -2.04. The van der Waals surface area contributed by atoms with Crippen LogP contribution in [0, 0.1) is 11.8 Å². The van der Waals surface area contributed by atoms with E-state index >= 15 is 0 Å². The number of rotatable bonds is 6. The number of benzene rings is 1. The Morgan fingerprint density at radius 1 is 1.09 bits per heavy atom. The van der Waals surface area contributed by atoms with Gasteiger partial charge in [0.25, 0.3) is 0 Å². The molecule has 2 fully saturated rings. The summed E-state index contributed by atoms with van der Waals surface area (Å²) >= 11 is 0. The van der Waals surface area contributed by atoms with E-state index in [1.54, 1.807) is 0 Å². The van der Waals surface area contributed by atoms with Gasteiger partial charge in [0, 0.05) is 11.7 Å². The van der Waals surface area contributed by atoms with Gasteiger partial charge in [-0.05, 0) is 57.4 Å². The Balaban J connectivity index is 1.48. The van der Waals surface area contributed by atoms with Crippen molar-refractivity contribution in [3.63, 3.8) is 0 Å². The SMILES string of the molecule is CC(C)Oc1ccc(NC(=O)C2CC2C(=O)NC2CC2)cc1. The van der Waals surface area contributed by atoms with Crippen LogP contribution in [0.2, 0.25) is 0 Å². The van der Waals surface area contributed by atoms with E-state index in [4.69, 9.17) is 4.74 Å². The van der Waals surface area contributed by atoms with Crippen LogP contribution < -0.4 is 15.4 Å². The lowest BCUT2D eigenvalue weighted by Crippen LogP contribution is -2.29. The van der Waals surface area contributed by atoms with Crippen molar-refractivity contribution in [2.75, 3.05) is 5.32 Å². The molecule has 2 aliphatic carbocycles. The molecule has 0 saturated heterocycles. The molecule has 2 unspecified atom stereocenters. The quantitative estimate of drug-likeness (QED) is 0.847. The summed E-state index contributed by atoms with van der Waals surface area (Å²) in [5, 5.41) is 5.82. The Morgan fingerprint density at radius 2 is 1.73 bits per heavy atom. The molecular formula is C17H22N2O3. The molecule has 0 aliphatic heterocycles. The van der Waals surface area contributed by atoms with Crippen LogP contribution in [0.3, 0.4) is 0 Å². The molecule has 0 radical (unpaired) electrons. The monoisotopic (exact) mass is 302 g/mol. The third kappa shape index (κ3) is 3.78. The number of anilines is 1. The minimum Gasteiger partial charge on any atom is -0.491 e. The zero-order valence-corrected chi connectivity index (χ0v) is 13.0. The molecule has 3 rings (SSSR count). The first-order valence-corrected chi connectivity index (χ1v) is 7.91. The molecule has 2 aliphatic rings. The van der Waals surface area contributed by atoms with Crippen LogP contribution in [0.5, 0.6) is 5.75 Å². The zero-order valence-electron chi connectivity index (χ0n) is 13.0. The van der Waals surface area contributed by atoms with Crippen molar-refractivity contribution in [3.05, 3.63) is 24.3 Å². The number of ether oxygens (including phenoxy) is 1. The van der Waals surface area contributed by atoms with Gasteiger partial charge in [-0.1, -0.05) is 0 Å². The summed E-state index contributed by atoms with van der Waals surface area (Å²) in [7, 11) is 0. The molecule has 2 saturated carbocycles. The molecule has 5 nitrogen and oxygen atoms in total. The van der Waals surface area contributed by atoms with Crippen molar-refractivity contribution >= 4 is 17.5 Å². The maximum atomic E-state index is 12.1. The van der Waals surface area contributed by atoms with Gasteiger partial charge in [-0.15, -0.1) is 0 Å². The number of hydrogen-bond donors (Lipinski definition) is 2. The normalized spacial score (nSPS) is 23.0. The predicted octanol–water partition coefficient (Wildman–Crippen LogP) is 2.33. The summed E-state index contributed by atoms with van der Waals surface area (Å²) in [6, 6.07) is 7.65. The summed E-state index contributed by atoms with van der Waals surface area (Å²) in [4.78, 5) is 24.0. The second-order valence-corrected chi connectivity index (χ2v) is 6.41. The second kappa shape index (κ2) is 5.99. The minimum absolute atomic E-state index is 0.0309. The first-order valence-electron chi connectivity index (χ1n) is 7.91. The highest BCUT2D eigenvalue weighted by atomic mass is 16.5. The maximum absolute atomic E-state index is 12.1. The summed E-state index contributed by atoms with van der Waals surface area (Å²) in [6.45, 7) is 3.94. The van der Waals surface area contributed by atoms with Gasteiger partial charge in [0.1, 0.15) is 5.75 Å². The van der Waals surface area contributed by atoms with Crippen molar-refractivity contribution in [3.8, 4) is 5.75 Å². The van der Waals surface area contributed by atoms with Crippen molar-refractivity contribution < 1.29 is 14.3 Å². The van der Waals surface area contributed by atoms with E-state index in [-0.39, 0.29) is 29.8 Å². The van der Waals surface area contributed by atoms with Gasteiger partial charge in [0.05, 0.1) is 17.9 Å². The summed E-state index contributed by atoms with van der Waals surface area (Å²) in [5.74, 6) is 0.396. The van der Waals surface area contributed by atoms with E-state index in [1.807, 2.05) is 38.1 Å². The highest BCUT2D eigenvalue weighted by Gasteiger charge is 2.48. The third-order valence-corrected chi connectivity index (χ3v) is 3.88. The lowest BCUT2D eigenvalue weighted by Gasteiger charge is -2.10. The van der Waals surface area contributed by atoms with Gasteiger partial charge < -0.3 is 15.4 Å². The number of amides is 2. The lowest BCUT2D eigenvalue weighted by atomic mass is 10.2.